The molecule has 0 bridgehead atoms. The Hall–Kier alpha value is -2.05. The number of carbonyl (C=O) groups excluding carboxylic acids is 2. The van der Waals surface area contributed by atoms with Crippen LogP contribution in [-0.2, 0) is 17.5 Å². The van der Waals surface area contributed by atoms with Crippen molar-refractivity contribution in [3.8, 4) is 0 Å². The number of amides is 3. The molecule has 1 N–H and O–H groups in total. The summed E-state index contributed by atoms with van der Waals surface area (Å²) in [6.07, 6.45) is -1.42. The summed E-state index contributed by atoms with van der Waals surface area (Å²) < 4.78 is 37.8. The number of nitrogens with zero attached hydrogens (tertiary/aromatic N) is 1. The Kier molecular flexibility index (Phi) is 4.05. The molecule has 130 valence electrons. The number of halogens is 3. The monoisotopic (exact) mass is 340 g/mol. The molecule has 1 aromatic rings. The molecule has 1 aliphatic carbocycles. The van der Waals surface area contributed by atoms with E-state index in [0.29, 0.717) is 24.3 Å². The highest BCUT2D eigenvalue weighted by atomic mass is 19.4. The first-order chi connectivity index (χ1) is 11.2. The maximum Gasteiger partial charge on any atom is 0.416 e. The van der Waals surface area contributed by atoms with Crippen molar-refractivity contribution in [1.82, 2.24) is 10.2 Å². The molecule has 3 amide bonds. The highest BCUT2D eigenvalue weighted by Gasteiger charge is 2.51. The summed E-state index contributed by atoms with van der Waals surface area (Å²) in [6.45, 7) is 2.11. The fourth-order valence-electron chi connectivity index (χ4n) is 3.40. The lowest BCUT2D eigenvalue weighted by Crippen LogP contribution is -2.49. The van der Waals surface area contributed by atoms with Gasteiger partial charge in [0.05, 0.1) is 12.1 Å². The van der Waals surface area contributed by atoms with Crippen molar-refractivity contribution < 1.29 is 22.8 Å². The number of imide groups is 1. The van der Waals surface area contributed by atoms with Crippen LogP contribution in [0.4, 0.5) is 18.0 Å². The van der Waals surface area contributed by atoms with E-state index in [1.165, 1.54) is 12.1 Å². The third-order valence-corrected chi connectivity index (χ3v) is 5.00. The Bertz CT molecular complexity index is 647. The van der Waals surface area contributed by atoms with Crippen molar-refractivity contribution in [3.63, 3.8) is 0 Å². The van der Waals surface area contributed by atoms with Crippen LogP contribution in [0.2, 0.25) is 0 Å². The van der Waals surface area contributed by atoms with Crippen LogP contribution in [0.5, 0.6) is 0 Å². The molecule has 1 saturated heterocycles. The van der Waals surface area contributed by atoms with Crippen molar-refractivity contribution >= 4 is 11.9 Å². The van der Waals surface area contributed by atoms with Gasteiger partial charge in [-0.25, -0.2) is 4.79 Å². The number of alkyl halides is 3. The van der Waals surface area contributed by atoms with Gasteiger partial charge < -0.3 is 5.32 Å². The maximum atomic E-state index is 12.7. The molecule has 0 unspecified atom stereocenters. The molecule has 2 fully saturated rings. The lowest BCUT2D eigenvalue weighted by molar-refractivity contribution is -0.137. The highest BCUT2D eigenvalue weighted by Crippen LogP contribution is 2.37. The van der Waals surface area contributed by atoms with Crippen LogP contribution in [0.25, 0.3) is 0 Å². The first-order valence-corrected chi connectivity index (χ1v) is 8.01. The lowest BCUT2D eigenvalue weighted by Gasteiger charge is -2.33. The molecule has 1 aliphatic heterocycles. The van der Waals surface area contributed by atoms with E-state index < -0.39 is 23.3 Å². The fourth-order valence-corrected chi connectivity index (χ4v) is 3.40. The van der Waals surface area contributed by atoms with E-state index in [4.69, 9.17) is 0 Å². The SMILES string of the molecule is CC1CCC2(CC1)NC(=O)N(Cc1ccc(C(F)(F)F)cc1)C2=O. The van der Waals surface area contributed by atoms with E-state index in [-0.39, 0.29) is 12.5 Å². The number of carbonyl (C=O) groups is 2. The first-order valence-electron chi connectivity index (χ1n) is 8.01. The summed E-state index contributed by atoms with van der Waals surface area (Å²) >= 11 is 0. The van der Waals surface area contributed by atoms with E-state index in [0.717, 1.165) is 29.9 Å². The Morgan fingerprint density at radius 2 is 1.75 bits per heavy atom. The fraction of sp³-hybridized carbons (Fsp3) is 0.529. The molecule has 1 saturated carbocycles. The molecule has 3 rings (SSSR count). The van der Waals surface area contributed by atoms with E-state index in [1.54, 1.807) is 0 Å². The number of benzene rings is 1. The quantitative estimate of drug-likeness (QED) is 0.835. The second kappa shape index (κ2) is 5.79. The molecule has 1 spiro atoms. The predicted octanol–water partition coefficient (Wildman–Crippen LogP) is 3.71. The van der Waals surface area contributed by atoms with Crippen LogP contribution in [0.3, 0.4) is 0 Å². The normalized spacial score (nSPS) is 27.7. The van der Waals surface area contributed by atoms with Crippen molar-refractivity contribution in [2.45, 2.75) is 50.9 Å². The molecule has 24 heavy (non-hydrogen) atoms. The van der Waals surface area contributed by atoms with Crippen molar-refractivity contribution in [2.24, 2.45) is 5.92 Å². The summed E-state index contributed by atoms with van der Waals surface area (Å²) in [5.41, 5.74) is -1.08. The predicted molar refractivity (Wildman–Crippen MR) is 80.9 cm³/mol. The van der Waals surface area contributed by atoms with Crippen LogP contribution in [0, 0.1) is 5.92 Å². The van der Waals surface area contributed by atoms with Crippen molar-refractivity contribution in [3.05, 3.63) is 35.4 Å². The van der Waals surface area contributed by atoms with Gasteiger partial charge in [-0.15, -0.1) is 0 Å². The number of urea groups is 1. The van der Waals surface area contributed by atoms with Crippen molar-refractivity contribution in [2.75, 3.05) is 0 Å². The topological polar surface area (TPSA) is 49.4 Å². The zero-order valence-electron chi connectivity index (χ0n) is 13.3. The zero-order chi connectivity index (χ0) is 17.5. The maximum absolute atomic E-state index is 12.7. The smallest absolute Gasteiger partial charge is 0.323 e. The number of rotatable bonds is 2. The average molecular weight is 340 g/mol. The first kappa shape index (κ1) is 16.8. The summed E-state index contributed by atoms with van der Waals surface area (Å²) in [7, 11) is 0. The van der Waals surface area contributed by atoms with Gasteiger partial charge in [-0.1, -0.05) is 19.1 Å². The Labute approximate surface area is 138 Å². The third kappa shape index (κ3) is 2.99. The molecule has 2 aliphatic rings. The second-order valence-corrected chi connectivity index (χ2v) is 6.78. The van der Waals surface area contributed by atoms with Gasteiger partial charge in [-0.3, -0.25) is 9.69 Å². The van der Waals surface area contributed by atoms with Gasteiger partial charge in [0.1, 0.15) is 5.54 Å². The van der Waals surface area contributed by atoms with E-state index in [9.17, 15) is 22.8 Å². The molecular weight excluding hydrogens is 321 g/mol. The van der Waals surface area contributed by atoms with Gasteiger partial charge in [0.2, 0.25) is 0 Å². The van der Waals surface area contributed by atoms with Gasteiger partial charge in [-0.2, -0.15) is 13.2 Å². The molecule has 0 atom stereocenters. The lowest BCUT2D eigenvalue weighted by atomic mass is 9.77. The van der Waals surface area contributed by atoms with Gasteiger partial charge in [0.15, 0.2) is 0 Å². The van der Waals surface area contributed by atoms with Gasteiger partial charge >= 0.3 is 12.2 Å². The molecule has 0 aromatic heterocycles. The van der Waals surface area contributed by atoms with Gasteiger partial charge in [-0.05, 0) is 49.3 Å². The van der Waals surface area contributed by atoms with Gasteiger partial charge in [0, 0.05) is 0 Å². The molecule has 1 aromatic carbocycles. The third-order valence-electron chi connectivity index (χ3n) is 5.00. The number of nitrogens with one attached hydrogen (secondary N) is 1. The number of hydrogen-bond donors (Lipinski definition) is 1. The van der Waals surface area contributed by atoms with Crippen LogP contribution in [0.15, 0.2) is 24.3 Å². The largest absolute Gasteiger partial charge is 0.416 e. The molecule has 0 radical (unpaired) electrons. The number of hydrogen-bond acceptors (Lipinski definition) is 2. The minimum absolute atomic E-state index is 0.0138. The summed E-state index contributed by atoms with van der Waals surface area (Å²) in [5, 5.41) is 2.80. The minimum atomic E-state index is -4.40. The molecule has 4 nitrogen and oxygen atoms in total. The second-order valence-electron chi connectivity index (χ2n) is 6.78. The summed E-state index contributed by atoms with van der Waals surface area (Å²) in [5.74, 6) is 0.267. The summed E-state index contributed by atoms with van der Waals surface area (Å²) in [6, 6.07) is 4.07. The Morgan fingerprint density at radius 1 is 1.17 bits per heavy atom. The molecule has 7 heteroatoms. The summed E-state index contributed by atoms with van der Waals surface area (Å²) in [4.78, 5) is 26.0. The highest BCUT2D eigenvalue weighted by molar-refractivity contribution is 6.07. The van der Waals surface area contributed by atoms with E-state index in [1.807, 2.05) is 0 Å². The van der Waals surface area contributed by atoms with Crippen LogP contribution < -0.4 is 5.32 Å². The minimum Gasteiger partial charge on any atom is -0.323 e. The Balaban J connectivity index is 1.73. The van der Waals surface area contributed by atoms with Gasteiger partial charge in [0.25, 0.3) is 5.91 Å². The van der Waals surface area contributed by atoms with Crippen LogP contribution in [0.1, 0.15) is 43.7 Å². The van der Waals surface area contributed by atoms with Crippen LogP contribution in [-0.4, -0.2) is 22.4 Å². The molecular formula is C17H19F3N2O2. The van der Waals surface area contributed by atoms with E-state index in [2.05, 4.69) is 12.2 Å². The average Bonchev–Trinajstić information content (AvgIpc) is 2.75. The van der Waals surface area contributed by atoms with Crippen LogP contribution >= 0.6 is 0 Å². The Morgan fingerprint density at radius 3 is 2.29 bits per heavy atom. The zero-order valence-corrected chi connectivity index (χ0v) is 13.3. The standard InChI is InChI=1S/C17H19F3N2O2/c1-11-6-8-16(9-7-11)14(23)22(15(24)21-16)10-12-2-4-13(5-3-12)17(18,19)20/h2-5,11H,6-10H2,1H3,(H,21,24). The van der Waals surface area contributed by atoms with Crippen molar-refractivity contribution in [1.29, 1.82) is 0 Å². The van der Waals surface area contributed by atoms with E-state index >= 15 is 0 Å². The molecule has 1 heterocycles.